The van der Waals surface area contributed by atoms with Crippen molar-refractivity contribution in [2.75, 3.05) is 19.6 Å². The summed E-state index contributed by atoms with van der Waals surface area (Å²) >= 11 is 0. The first-order valence-electron chi connectivity index (χ1n) is 8.80. The summed E-state index contributed by atoms with van der Waals surface area (Å²) < 4.78 is 0. The predicted octanol–water partition coefficient (Wildman–Crippen LogP) is 3.42. The maximum absolute atomic E-state index is 3.82. The molecule has 3 aliphatic rings. The third-order valence-corrected chi connectivity index (χ3v) is 5.97. The summed E-state index contributed by atoms with van der Waals surface area (Å²) in [6.07, 6.45) is 13.1. The Morgan fingerprint density at radius 3 is 2.58 bits per heavy atom. The molecule has 19 heavy (non-hydrogen) atoms. The Balaban J connectivity index is 1.36. The molecule has 2 unspecified atom stereocenters. The summed E-state index contributed by atoms with van der Waals surface area (Å²) in [6, 6.07) is 1.77. The maximum Gasteiger partial charge on any atom is 0.0124 e. The van der Waals surface area contributed by atoms with Gasteiger partial charge in [0.25, 0.3) is 0 Å². The van der Waals surface area contributed by atoms with Gasteiger partial charge in [0.05, 0.1) is 0 Å². The van der Waals surface area contributed by atoms with Gasteiger partial charge in [-0.25, -0.2) is 0 Å². The van der Waals surface area contributed by atoms with Crippen LogP contribution in [0, 0.1) is 11.8 Å². The standard InChI is InChI=1S/C17H32N2/c1-14-6-8-16(9-7-14)18-11-13-19-12-10-15-4-2-3-5-17(15)19/h14-18H,2-13H2,1H3. The van der Waals surface area contributed by atoms with Gasteiger partial charge in [0, 0.05) is 25.2 Å². The average Bonchev–Trinajstić information content (AvgIpc) is 2.85. The number of fused-ring (bicyclic) bond motifs is 1. The van der Waals surface area contributed by atoms with E-state index in [9.17, 15) is 0 Å². The van der Waals surface area contributed by atoms with Crippen molar-refractivity contribution >= 4 is 0 Å². The first kappa shape index (κ1) is 13.9. The number of hydrogen-bond acceptors (Lipinski definition) is 2. The molecule has 0 aromatic carbocycles. The van der Waals surface area contributed by atoms with E-state index in [4.69, 9.17) is 0 Å². The number of nitrogens with one attached hydrogen (secondary N) is 1. The van der Waals surface area contributed by atoms with E-state index in [2.05, 4.69) is 17.1 Å². The molecule has 2 saturated carbocycles. The summed E-state index contributed by atoms with van der Waals surface area (Å²) in [7, 11) is 0. The second-order valence-electron chi connectivity index (χ2n) is 7.35. The van der Waals surface area contributed by atoms with Crippen molar-refractivity contribution in [2.45, 2.75) is 76.8 Å². The minimum Gasteiger partial charge on any atom is -0.313 e. The van der Waals surface area contributed by atoms with Crippen molar-refractivity contribution in [1.29, 1.82) is 0 Å². The molecule has 2 nitrogen and oxygen atoms in total. The monoisotopic (exact) mass is 264 g/mol. The molecule has 0 aromatic rings. The highest BCUT2D eigenvalue weighted by Gasteiger charge is 2.35. The van der Waals surface area contributed by atoms with Crippen LogP contribution in [0.3, 0.4) is 0 Å². The molecule has 2 atom stereocenters. The molecular weight excluding hydrogens is 232 g/mol. The Morgan fingerprint density at radius 2 is 1.74 bits per heavy atom. The lowest BCUT2D eigenvalue weighted by Gasteiger charge is -2.33. The second-order valence-corrected chi connectivity index (χ2v) is 7.35. The van der Waals surface area contributed by atoms with Crippen LogP contribution in [-0.2, 0) is 0 Å². The number of hydrogen-bond donors (Lipinski definition) is 1. The third-order valence-electron chi connectivity index (χ3n) is 5.97. The Bertz CT molecular complexity index is 270. The van der Waals surface area contributed by atoms with E-state index >= 15 is 0 Å². The Morgan fingerprint density at radius 1 is 0.947 bits per heavy atom. The van der Waals surface area contributed by atoms with Gasteiger partial charge in [-0.1, -0.05) is 19.8 Å². The lowest BCUT2D eigenvalue weighted by molar-refractivity contribution is 0.179. The molecule has 1 aliphatic heterocycles. The van der Waals surface area contributed by atoms with Gasteiger partial charge >= 0.3 is 0 Å². The highest BCUT2D eigenvalue weighted by Crippen LogP contribution is 2.35. The van der Waals surface area contributed by atoms with Crippen molar-refractivity contribution < 1.29 is 0 Å². The first-order chi connectivity index (χ1) is 9.33. The molecule has 3 rings (SSSR count). The van der Waals surface area contributed by atoms with Crippen LogP contribution < -0.4 is 5.32 Å². The van der Waals surface area contributed by atoms with Crippen LogP contribution in [-0.4, -0.2) is 36.6 Å². The van der Waals surface area contributed by atoms with Crippen LogP contribution in [0.25, 0.3) is 0 Å². The normalized spacial score (nSPS) is 40.3. The Labute approximate surface area is 119 Å². The summed E-state index contributed by atoms with van der Waals surface area (Å²) in [5, 5.41) is 3.82. The largest absolute Gasteiger partial charge is 0.313 e. The van der Waals surface area contributed by atoms with Crippen LogP contribution in [0.1, 0.15) is 64.7 Å². The zero-order valence-corrected chi connectivity index (χ0v) is 12.7. The van der Waals surface area contributed by atoms with E-state index in [-0.39, 0.29) is 0 Å². The zero-order chi connectivity index (χ0) is 13.1. The predicted molar refractivity (Wildman–Crippen MR) is 81.4 cm³/mol. The summed E-state index contributed by atoms with van der Waals surface area (Å²) in [6.45, 7) is 6.30. The van der Waals surface area contributed by atoms with Gasteiger partial charge in [0.2, 0.25) is 0 Å². The van der Waals surface area contributed by atoms with Crippen molar-refractivity contribution in [3.05, 3.63) is 0 Å². The second kappa shape index (κ2) is 6.58. The van der Waals surface area contributed by atoms with Crippen LogP contribution in [0.4, 0.5) is 0 Å². The quantitative estimate of drug-likeness (QED) is 0.837. The lowest BCUT2D eigenvalue weighted by Crippen LogP contribution is -2.42. The van der Waals surface area contributed by atoms with Crippen molar-refractivity contribution in [3.8, 4) is 0 Å². The molecule has 1 heterocycles. The van der Waals surface area contributed by atoms with Gasteiger partial charge < -0.3 is 5.32 Å². The molecule has 0 radical (unpaired) electrons. The van der Waals surface area contributed by atoms with E-state index in [1.54, 1.807) is 0 Å². The molecule has 0 spiro atoms. The van der Waals surface area contributed by atoms with Gasteiger partial charge in [-0.05, 0) is 63.3 Å². The molecule has 0 amide bonds. The maximum atomic E-state index is 3.82. The van der Waals surface area contributed by atoms with Gasteiger partial charge in [0.1, 0.15) is 0 Å². The molecule has 2 heteroatoms. The van der Waals surface area contributed by atoms with Crippen molar-refractivity contribution in [1.82, 2.24) is 10.2 Å². The fourth-order valence-corrected chi connectivity index (χ4v) is 4.66. The molecule has 0 aromatic heterocycles. The van der Waals surface area contributed by atoms with Gasteiger partial charge in [-0.2, -0.15) is 0 Å². The van der Waals surface area contributed by atoms with E-state index in [0.717, 1.165) is 23.9 Å². The molecule has 1 N–H and O–H groups in total. The fraction of sp³-hybridized carbons (Fsp3) is 1.00. The van der Waals surface area contributed by atoms with Crippen LogP contribution in [0.15, 0.2) is 0 Å². The fourth-order valence-electron chi connectivity index (χ4n) is 4.66. The average molecular weight is 264 g/mol. The molecular formula is C17H32N2. The molecule has 110 valence electrons. The molecule has 1 saturated heterocycles. The minimum atomic E-state index is 0.820. The Kier molecular flexibility index (Phi) is 4.81. The number of likely N-dealkylation sites (tertiary alicyclic amines) is 1. The third kappa shape index (κ3) is 3.52. The minimum absolute atomic E-state index is 0.820. The van der Waals surface area contributed by atoms with E-state index in [1.165, 1.54) is 77.4 Å². The number of rotatable bonds is 4. The van der Waals surface area contributed by atoms with E-state index in [0.29, 0.717) is 0 Å². The van der Waals surface area contributed by atoms with E-state index < -0.39 is 0 Å². The van der Waals surface area contributed by atoms with Gasteiger partial charge in [-0.15, -0.1) is 0 Å². The first-order valence-corrected chi connectivity index (χ1v) is 8.80. The van der Waals surface area contributed by atoms with Crippen LogP contribution in [0.5, 0.6) is 0 Å². The smallest absolute Gasteiger partial charge is 0.0124 e. The van der Waals surface area contributed by atoms with Crippen molar-refractivity contribution in [2.24, 2.45) is 11.8 Å². The molecule has 2 aliphatic carbocycles. The van der Waals surface area contributed by atoms with Crippen LogP contribution >= 0.6 is 0 Å². The lowest BCUT2D eigenvalue weighted by atomic mass is 9.85. The topological polar surface area (TPSA) is 15.3 Å². The summed E-state index contributed by atoms with van der Waals surface area (Å²) in [4.78, 5) is 2.79. The van der Waals surface area contributed by atoms with Crippen molar-refractivity contribution in [3.63, 3.8) is 0 Å². The summed E-state index contributed by atoms with van der Waals surface area (Å²) in [5.74, 6) is 2.02. The SMILES string of the molecule is CC1CCC(NCCN2CCC3CCCCC32)CC1. The number of nitrogens with zero attached hydrogens (tertiary/aromatic N) is 1. The van der Waals surface area contributed by atoms with Crippen LogP contribution in [0.2, 0.25) is 0 Å². The van der Waals surface area contributed by atoms with Gasteiger partial charge in [0.15, 0.2) is 0 Å². The van der Waals surface area contributed by atoms with Gasteiger partial charge in [-0.3, -0.25) is 4.90 Å². The van der Waals surface area contributed by atoms with E-state index in [1.807, 2.05) is 0 Å². The molecule has 3 fully saturated rings. The molecule has 0 bridgehead atoms. The highest BCUT2D eigenvalue weighted by molar-refractivity contribution is 4.90. The Hall–Kier alpha value is -0.0800. The zero-order valence-electron chi connectivity index (χ0n) is 12.7. The highest BCUT2D eigenvalue weighted by atomic mass is 15.2. The summed E-state index contributed by atoms with van der Waals surface area (Å²) in [5.41, 5.74) is 0.